The Balaban J connectivity index is 1.50. The zero-order valence-electron chi connectivity index (χ0n) is 15.6. The second-order valence-corrected chi connectivity index (χ2v) is 6.77. The molecule has 1 aromatic heterocycles. The number of carbonyl (C=O) groups is 2. The average molecular weight is 400 g/mol. The summed E-state index contributed by atoms with van der Waals surface area (Å²) in [6.07, 6.45) is 2.19. The van der Waals surface area contributed by atoms with Gasteiger partial charge in [0.1, 0.15) is 0 Å². The average Bonchev–Trinajstić information content (AvgIpc) is 3.09. The lowest BCUT2D eigenvalue weighted by Crippen LogP contribution is -2.27. The van der Waals surface area contributed by atoms with Crippen LogP contribution < -0.4 is 10.6 Å². The minimum Gasteiger partial charge on any atom is -0.383 e. The Morgan fingerprint density at radius 3 is 2.64 bits per heavy atom. The highest BCUT2D eigenvalue weighted by Gasteiger charge is 2.08. The molecular formula is C21H22ClN3O3. The molecule has 0 saturated heterocycles. The molecular weight excluding hydrogens is 378 g/mol. The largest absolute Gasteiger partial charge is 0.383 e. The lowest BCUT2D eigenvalue weighted by molar-refractivity contribution is -0.116. The number of nitrogens with one attached hydrogen (secondary N) is 2. The highest BCUT2D eigenvalue weighted by molar-refractivity contribution is 6.30. The molecule has 0 aliphatic heterocycles. The highest BCUT2D eigenvalue weighted by atomic mass is 35.5. The maximum Gasteiger partial charge on any atom is 0.251 e. The van der Waals surface area contributed by atoms with Gasteiger partial charge in [-0.1, -0.05) is 11.6 Å². The van der Waals surface area contributed by atoms with Gasteiger partial charge < -0.3 is 19.9 Å². The second kappa shape index (κ2) is 9.39. The molecule has 7 heteroatoms. The monoisotopic (exact) mass is 399 g/mol. The fraction of sp³-hybridized carbons (Fsp3) is 0.238. The van der Waals surface area contributed by atoms with Crippen molar-refractivity contribution < 1.29 is 14.3 Å². The molecule has 28 heavy (non-hydrogen) atoms. The summed E-state index contributed by atoms with van der Waals surface area (Å²) in [6.45, 7) is 1.67. The van der Waals surface area contributed by atoms with Crippen molar-refractivity contribution in [2.75, 3.05) is 25.6 Å². The fourth-order valence-electron chi connectivity index (χ4n) is 2.88. The predicted molar refractivity (Wildman–Crippen MR) is 111 cm³/mol. The first-order valence-electron chi connectivity index (χ1n) is 8.98. The minimum atomic E-state index is -0.233. The van der Waals surface area contributed by atoms with E-state index >= 15 is 0 Å². The van der Waals surface area contributed by atoms with Crippen LogP contribution in [0.1, 0.15) is 16.8 Å². The first-order chi connectivity index (χ1) is 13.6. The summed E-state index contributed by atoms with van der Waals surface area (Å²) in [7, 11) is 1.68. The standard InChI is InChI=1S/C21H22ClN3O3/c1-28-13-12-25-11-9-16-14-18(6-7-19(16)25)24-20(26)8-10-23-21(27)15-2-4-17(22)5-3-15/h2-7,9,11,14H,8,10,12-13H2,1H3,(H,23,27)(H,24,26). The van der Waals surface area contributed by atoms with Gasteiger partial charge in [-0.3, -0.25) is 9.59 Å². The second-order valence-electron chi connectivity index (χ2n) is 6.34. The number of aromatic nitrogens is 1. The number of anilines is 1. The molecule has 3 rings (SSSR count). The summed E-state index contributed by atoms with van der Waals surface area (Å²) in [6, 6.07) is 14.4. The van der Waals surface area contributed by atoms with Crippen LogP contribution in [0.25, 0.3) is 10.9 Å². The number of amides is 2. The Morgan fingerprint density at radius 2 is 1.89 bits per heavy atom. The van der Waals surface area contributed by atoms with E-state index in [2.05, 4.69) is 15.2 Å². The van der Waals surface area contributed by atoms with Gasteiger partial charge in [-0.2, -0.15) is 0 Å². The molecule has 0 saturated carbocycles. The molecule has 0 bridgehead atoms. The summed E-state index contributed by atoms with van der Waals surface area (Å²) < 4.78 is 7.22. The zero-order valence-corrected chi connectivity index (χ0v) is 16.3. The quantitative estimate of drug-likeness (QED) is 0.606. The van der Waals surface area contributed by atoms with E-state index in [1.165, 1.54) is 0 Å². The van der Waals surface area contributed by atoms with Crippen LogP contribution in [0, 0.1) is 0 Å². The molecule has 6 nitrogen and oxygen atoms in total. The highest BCUT2D eigenvalue weighted by Crippen LogP contribution is 2.20. The molecule has 0 unspecified atom stereocenters. The Morgan fingerprint density at radius 1 is 1.11 bits per heavy atom. The third-order valence-corrected chi connectivity index (χ3v) is 4.59. The van der Waals surface area contributed by atoms with Crippen LogP contribution in [0.5, 0.6) is 0 Å². The third-order valence-electron chi connectivity index (χ3n) is 4.34. The van der Waals surface area contributed by atoms with Crippen molar-refractivity contribution in [3.8, 4) is 0 Å². The van der Waals surface area contributed by atoms with Crippen molar-refractivity contribution in [1.29, 1.82) is 0 Å². The van der Waals surface area contributed by atoms with E-state index in [1.807, 2.05) is 30.5 Å². The Hall–Kier alpha value is -2.83. The number of ether oxygens (including phenoxy) is 1. The number of hydrogen-bond donors (Lipinski definition) is 2. The molecule has 0 spiro atoms. The summed E-state index contributed by atoms with van der Waals surface area (Å²) in [5, 5.41) is 7.21. The van der Waals surface area contributed by atoms with Crippen LogP contribution in [-0.2, 0) is 16.1 Å². The molecule has 0 radical (unpaired) electrons. The number of fused-ring (bicyclic) bond motifs is 1. The Bertz CT molecular complexity index is 967. The molecule has 0 aliphatic rings. The number of nitrogens with zero attached hydrogens (tertiary/aromatic N) is 1. The molecule has 3 aromatic rings. The minimum absolute atomic E-state index is 0.158. The lowest BCUT2D eigenvalue weighted by Gasteiger charge is -2.08. The van der Waals surface area contributed by atoms with Crippen LogP contribution in [0.4, 0.5) is 5.69 Å². The van der Waals surface area contributed by atoms with Crippen LogP contribution in [0.3, 0.4) is 0 Å². The number of carbonyl (C=O) groups excluding carboxylic acids is 2. The van der Waals surface area contributed by atoms with Gasteiger partial charge in [0.2, 0.25) is 5.91 Å². The number of rotatable bonds is 8. The van der Waals surface area contributed by atoms with Crippen molar-refractivity contribution in [2.45, 2.75) is 13.0 Å². The first-order valence-corrected chi connectivity index (χ1v) is 9.36. The number of methoxy groups -OCH3 is 1. The maximum absolute atomic E-state index is 12.2. The fourth-order valence-corrected chi connectivity index (χ4v) is 3.00. The van der Waals surface area contributed by atoms with E-state index in [4.69, 9.17) is 16.3 Å². The summed E-state index contributed by atoms with van der Waals surface area (Å²) >= 11 is 5.81. The van der Waals surface area contributed by atoms with Gasteiger partial charge in [-0.15, -0.1) is 0 Å². The van der Waals surface area contributed by atoms with Gasteiger partial charge in [0.15, 0.2) is 0 Å². The maximum atomic E-state index is 12.2. The van der Waals surface area contributed by atoms with E-state index in [9.17, 15) is 9.59 Å². The van der Waals surface area contributed by atoms with E-state index in [-0.39, 0.29) is 24.8 Å². The van der Waals surface area contributed by atoms with Gasteiger partial charge in [-0.05, 0) is 48.5 Å². The number of halogens is 1. The van der Waals surface area contributed by atoms with Crippen LogP contribution in [0.2, 0.25) is 5.02 Å². The lowest BCUT2D eigenvalue weighted by atomic mass is 10.2. The Kier molecular flexibility index (Phi) is 6.68. The van der Waals surface area contributed by atoms with Gasteiger partial charge in [0, 0.05) is 60.0 Å². The van der Waals surface area contributed by atoms with Gasteiger partial charge in [0.25, 0.3) is 5.91 Å². The molecule has 2 aromatic carbocycles. The van der Waals surface area contributed by atoms with Gasteiger partial charge >= 0.3 is 0 Å². The zero-order chi connectivity index (χ0) is 19.9. The molecule has 0 atom stereocenters. The molecule has 146 valence electrons. The summed E-state index contributed by atoms with van der Waals surface area (Å²) in [4.78, 5) is 24.2. The van der Waals surface area contributed by atoms with E-state index < -0.39 is 0 Å². The van der Waals surface area contributed by atoms with Crippen molar-refractivity contribution >= 4 is 40.0 Å². The van der Waals surface area contributed by atoms with Crippen molar-refractivity contribution in [1.82, 2.24) is 9.88 Å². The van der Waals surface area contributed by atoms with Crippen LogP contribution in [-0.4, -0.2) is 36.6 Å². The number of benzene rings is 2. The van der Waals surface area contributed by atoms with Crippen LogP contribution >= 0.6 is 11.6 Å². The normalized spacial score (nSPS) is 10.8. The molecule has 0 aliphatic carbocycles. The van der Waals surface area contributed by atoms with Gasteiger partial charge in [0.05, 0.1) is 6.61 Å². The summed E-state index contributed by atoms with van der Waals surface area (Å²) in [5.41, 5.74) is 2.32. The first kappa shape index (κ1) is 19.9. The van der Waals surface area contributed by atoms with Gasteiger partial charge in [-0.25, -0.2) is 0 Å². The smallest absolute Gasteiger partial charge is 0.251 e. The van der Waals surface area contributed by atoms with Crippen molar-refractivity contribution in [2.24, 2.45) is 0 Å². The summed E-state index contributed by atoms with van der Waals surface area (Å²) in [5.74, 6) is -0.391. The van der Waals surface area contributed by atoms with E-state index in [0.29, 0.717) is 17.2 Å². The van der Waals surface area contributed by atoms with E-state index in [0.717, 1.165) is 23.1 Å². The third kappa shape index (κ3) is 5.12. The Labute approximate surface area is 168 Å². The topological polar surface area (TPSA) is 72.4 Å². The SMILES string of the molecule is COCCn1ccc2cc(NC(=O)CCNC(=O)c3ccc(Cl)cc3)ccc21. The molecule has 2 amide bonds. The molecule has 0 fully saturated rings. The van der Waals surface area contributed by atoms with Crippen LogP contribution in [0.15, 0.2) is 54.7 Å². The molecule has 2 N–H and O–H groups in total. The van der Waals surface area contributed by atoms with Crippen molar-refractivity contribution in [3.05, 3.63) is 65.3 Å². The van der Waals surface area contributed by atoms with Crippen molar-refractivity contribution in [3.63, 3.8) is 0 Å². The number of hydrogen-bond acceptors (Lipinski definition) is 3. The van der Waals surface area contributed by atoms with E-state index in [1.54, 1.807) is 31.4 Å². The predicted octanol–water partition coefficient (Wildman–Crippen LogP) is 3.70. The molecule has 1 heterocycles.